The number of hydrogen-bond donors (Lipinski definition) is 1. The van der Waals surface area contributed by atoms with Crippen molar-refractivity contribution in [3.05, 3.63) is 72.8 Å². The number of nitrogens with zero attached hydrogens (tertiary/aromatic N) is 1. The molecule has 112 valence electrons. The Morgan fingerprint density at radius 3 is 2.23 bits per heavy atom. The van der Waals surface area contributed by atoms with Crippen LogP contribution in [0.15, 0.2) is 77.7 Å². The minimum Gasteiger partial charge on any atom is -0.290 e. The molecule has 0 saturated heterocycles. The molecule has 1 N–H and O–H groups in total. The second-order valence-corrected chi connectivity index (χ2v) is 7.00. The van der Waals surface area contributed by atoms with Crippen molar-refractivity contribution in [2.45, 2.75) is 4.90 Å². The Bertz CT molecular complexity index is 893. The van der Waals surface area contributed by atoms with Gasteiger partial charge in [-0.25, -0.2) is 8.42 Å². The molecule has 22 heavy (non-hydrogen) atoms. The van der Waals surface area contributed by atoms with Crippen LogP contribution in [0.5, 0.6) is 0 Å². The normalized spacial score (nSPS) is 11.7. The van der Waals surface area contributed by atoms with Crippen molar-refractivity contribution in [3.8, 4) is 0 Å². The molecule has 0 aliphatic carbocycles. The summed E-state index contributed by atoms with van der Waals surface area (Å²) in [6.45, 7) is 0. The lowest BCUT2D eigenvalue weighted by atomic mass is 10.1. The van der Waals surface area contributed by atoms with Gasteiger partial charge in [-0.2, -0.15) is 0 Å². The first-order valence-electron chi connectivity index (χ1n) is 6.59. The van der Waals surface area contributed by atoms with Gasteiger partial charge in [-0.3, -0.25) is 5.43 Å². The summed E-state index contributed by atoms with van der Waals surface area (Å²) in [4.78, 5) is 0.123. The second kappa shape index (κ2) is 5.96. The predicted molar refractivity (Wildman–Crippen MR) is 88.9 cm³/mol. The predicted octanol–water partition coefficient (Wildman–Crippen LogP) is 4.01. The van der Waals surface area contributed by atoms with Gasteiger partial charge in [-0.05, 0) is 27.5 Å². The van der Waals surface area contributed by atoms with Crippen LogP contribution in [-0.4, -0.2) is 12.4 Å². The molecule has 6 heteroatoms. The van der Waals surface area contributed by atoms with Crippen molar-refractivity contribution >= 4 is 38.3 Å². The van der Waals surface area contributed by atoms with Gasteiger partial charge in [0.2, 0.25) is 0 Å². The number of anilines is 1. The van der Waals surface area contributed by atoms with Crippen molar-refractivity contribution in [1.82, 2.24) is 3.93 Å². The Morgan fingerprint density at radius 2 is 1.45 bits per heavy atom. The topological polar surface area (TPSA) is 49.4 Å². The number of sulfonamides is 1. The van der Waals surface area contributed by atoms with Crippen LogP contribution in [0.1, 0.15) is 0 Å². The van der Waals surface area contributed by atoms with Crippen molar-refractivity contribution in [2.24, 2.45) is 0 Å². The van der Waals surface area contributed by atoms with Crippen LogP contribution in [-0.2, 0) is 10.0 Å². The Hall–Kier alpha value is -2.08. The number of hydrogen-bond acceptors (Lipinski definition) is 3. The van der Waals surface area contributed by atoms with Crippen LogP contribution in [0.25, 0.3) is 10.8 Å². The maximum Gasteiger partial charge on any atom is 0.274 e. The fourth-order valence-corrected chi connectivity index (χ4v) is 3.40. The molecular weight excluding hydrogens is 320 g/mol. The average molecular weight is 333 g/mol. The van der Waals surface area contributed by atoms with Crippen molar-refractivity contribution in [3.63, 3.8) is 0 Å². The zero-order chi connectivity index (χ0) is 15.6. The van der Waals surface area contributed by atoms with Gasteiger partial charge < -0.3 is 0 Å². The van der Waals surface area contributed by atoms with E-state index in [-0.39, 0.29) is 4.90 Å². The lowest BCUT2D eigenvalue weighted by Crippen LogP contribution is -2.27. The summed E-state index contributed by atoms with van der Waals surface area (Å²) in [5, 5.41) is 1.88. The van der Waals surface area contributed by atoms with Gasteiger partial charge >= 0.3 is 0 Å². The molecule has 0 atom stereocenters. The van der Waals surface area contributed by atoms with Crippen LogP contribution in [0.3, 0.4) is 0 Å². The van der Waals surface area contributed by atoms with E-state index in [4.69, 9.17) is 11.8 Å². The largest absolute Gasteiger partial charge is 0.290 e. The Kier molecular flexibility index (Phi) is 4.02. The highest BCUT2D eigenvalue weighted by Crippen LogP contribution is 2.26. The van der Waals surface area contributed by atoms with E-state index in [1.807, 2.05) is 36.4 Å². The number of nitrogens with one attached hydrogen (secondary N) is 1. The summed E-state index contributed by atoms with van der Waals surface area (Å²) in [6.07, 6.45) is 0. The monoisotopic (exact) mass is 332 g/mol. The number of rotatable bonds is 4. The average Bonchev–Trinajstić information content (AvgIpc) is 2.56. The molecule has 0 radical (unpaired) electrons. The summed E-state index contributed by atoms with van der Waals surface area (Å²) in [5.41, 5.74) is 3.35. The fourth-order valence-electron chi connectivity index (χ4n) is 2.16. The molecule has 3 rings (SSSR count). The van der Waals surface area contributed by atoms with Gasteiger partial charge in [0.15, 0.2) is 0 Å². The van der Waals surface area contributed by atoms with Crippen LogP contribution in [0.4, 0.5) is 5.69 Å². The van der Waals surface area contributed by atoms with Gasteiger partial charge in [0.1, 0.15) is 0 Å². The summed E-state index contributed by atoms with van der Waals surface area (Å²) < 4.78 is 25.4. The molecule has 0 aliphatic heterocycles. The Balaban J connectivity index is 1.95. The molecular formula is C16H13ClN2O2S. The maximum absolute atomic E-state index is 12.4. The minimum atomic E-state index is -3.82. The van der Waals surface area contributed by atoms with Crippen LogP contribution >= 0.6 is 11.8 Å². The lowest BCUT2D eigenvalue weighted by Gasteiger charge is -2.17. The number of fused-ring (bicyclic) bond motifs is 1. The molecule has 0 heterocycles. The zero-order valence-electron chi connectivity index (χ0n) is 11.5. The molecule has 0 amide bonds. The third kappa shape index (κ3) is 2.78. The molecule has 0 fully saturated rings. The molecule has 0 unspecified atom stereocenters. The fraction of sp³-hybridized carbons (Fsp3) is 0. The highest BCUT2D eigenvalue weighted by atomic mass is 35.5. The Labute approximate surface area is 134 Å². The van der Waals surface area contributed by atoms with Gasteiger partial charge in [-0.15, -0.1) is 0 Å². The van der Waals surface area contributed by atoms with E-state index < -0.39 is 10.0 Å². The smallest absolute Gasteiger partial charge is 0.274 e. The molecule has 3 aromatic rings. The maximum atomic E-state index is 12.4. The van der Waals surface area contributed by atoms with Gasteiger partial charge in [0.25, 0.3) is 10.0 Å². The quantitative estimate of drug-likeness (QED) is 0.580. The summed E-state index contributed by atoms with van der Waals surface area (Å²) in [7, 11) is -3.82. The first-order valence-corrected chi connectivity index (χ1v) is 8.37. The second-order valence-electron chi connectivity index (χ2n) is 4.67. The standard InChI is InChI=1S/C16H13ClN2O2S/c17-19(22(20,21)14-9-2-1-3-10-14)18-16-12-6-8-13-7-4-5-11-15(13)16/h1-12,18H. The summed E-state index contributed by atoms with van der Waals surface area (Å²) in [6, 6.07) is 21.3. The van der Waals surface area contributed by atoms with Gasteiger partial charge in [0, 0.05) is 17.2 Å². The van der Waals surface area contributed by atoms with E-state index in [1.165, 1.54) is 12.1 Å². The van der Waals surface area contributed by atoms with Crippen LogP contribution < -0.4 is 5.43 Å². The van der Waals surface area contributed by atoms with Crippen molar-refractivity contribution < 1.29 is 8.42 Å². The van der Waals surface area contributed by atoms with Gasteiger partial charge in [0.05, 0.1) is 10.6 Å². The van der Waals surface area contributed by atoms with E-state index >= 15 is 0 Å². The van der Waals surface area contributed by atoms with Gasteiger partial charge in [-0.1, -0.05) is 54.6 Å². The molecule has 4 nitrogen and oxygen atoms in total. The van der Waals surface area contributed by atoms with E-state index in [2.05, 4.69) is 5.43 Å². The lowest BCUT2D eigenvalue weighted by molar-refractivity contribution is 0.560. The van der Waals surface area contributed by atoms with E-state index in [0.717, 1.165) is 10.8 Å². The third-order valence-corrected chi connectivity index (χ3v) is 5.26. The highest BCUT2D eigenvalue weighted by Gasteiger charge is 2.23. The summed E-state index contributed by atoms with van der Waals surface area (Å²) in [5.74, 6) is 0. The summed E-state index contributed by atoms with van der Waals surface area (Å²) >= 11 is 5.98. The zero-order valence-corrected chi connectivity index (χ0v) is 13.1. The third-order valence-electron chi connectivity index (χ3n) is 3.25. The van der Waals surface area contributed by atoms with Crippen LogP contribution in [0.2, 0.25) is 0 Å². The minimum absolute atomic E-state index is 0.123. The number of benzene rings is 3. The number of halogens is 1. The van der Waals surface area contributed by atoms with Crippen molar-refractivity contribution in [1.29, 1.82) is 0 Å². The molecule has 0 spiro atoms. The first-order chi connectivity index (χ1) is 10.6. The molecule has 0 aliphatic rings. The van der Waals surface area contributed by atoms with E-state index in [0.29, 0.717) is 9.62 Å². The Morgan fingerprint density at radius 1 is 0.818 bits per heavy atom. The van der Waals surface area contributed by atoms with E-state index in [1.54, 1.807) is 24.3 Å². The highest BCUT2D eigenvalue weighted by molar-refractivity contribution is 7.90. The molecule has 0 saturated carbocycles. The molecule has 0 bridgehead atoms. The first kappa shape index (κ1) is 14.8. The van der Waals surface area contributed by atoms with Crippen molar-refractivity contribution in [2.75, 3.05) is 5.43 Å². The number of hydrazine groups is 1. The molecule has 3 aromatic carbocycles. The van der Waals surface area contributed by atoms with E-state index in [9.17, 15) is 8.42 Å². The van der Waals surface area contributed by atoms with Crippen LogP contribution in [0, 0.1) is 0 Å². The SMILES string of the molecule is O=S(=O)(c1ccccc1)N(Cl)Nc1cccc2ccccc12. The molecule has 0 aromatic heterocycles.